The number of hydrogen-bond acceptors (Lipinski definition) is 5. The summed E-state index contributed by atoms with van der Waals surface area (Å²) in [7, 11) is 0. The molecule has 1 heterocycles. The van der Waals surface area contributed by atoms with Crippen LogP contribution in [0.1, 0.15) is 213 Å². The molecular formula is C39H72N2O4. The molecule has 1 rings (SSSR count). The highest BCUT2D eigenvalue weighted by atomic mass is 16.7. The summed E-state index contributed by atoms with van der Waals surface area (Å²) >= 11 is 0. The van der Waals surface area contributed by atoms with E-state index in [9.17, 15) is 9.59 Å². The first kappa shape index (κ1) is 41.2. The average Bonchev–Trinajstić information content (AvgIpc) is 3.54. The van der Waals surface area contributed by atoms with Crippen LogP contribution in [0.15, 0.2) is 12.4 Å². The number of carbonyl (C=O) groups is 2. The lowest BCUT2D eigenvalue weighted by atomic mass is 10.0. The topological polar surface area (TPSA) is 81.3 Å². The Balaban J connectivity index is 2.25. The number of esters is 2. The molecule has 0 aliphatic rings. The van der Waals surface area contributed by atoms with Crippen molar-refractivity contribution in [1.82, 2.24) is 9.97 Å². The van der Waals surface area contributed by atoms with Crippen molar-refractivity contribution in [3.8, 4) is 0 Å². The Bertz CT molecular complexity index is 751. The molecule has 1 aromatic heterocycles. The predicted octanol–water partition coefficient (Wildman–Crippen LogP) is 12.1. The van der Waals surface area contributed by atoms with Crippen molar-refractivity contribution in [2.75, 3.05) is 0 Å². The first-order valence-corrected chi connectivity index (χ1v) is 19.5. The van der Waals surface area contributed by atoms with Crippen molar-refractivity contribution in [2.24, 2.45) is 0 Å². The van der Waals surface area contributed by atoms with Gasteiger partial charge in [-0.25, -0.2) is 4.98 Å². The first-order chi connectivity index (χ1) is 22.0. The molecule has 0 aliphatic heterocycles. The highest BCUT2D eigenvalue weighted by Gasteiger charge is 2.38. The van der Waals surface area contributed by atoms with Crippen LogP contribution in [-0.4, -0.2) is 27.7 Å². The number of aromatic nitrogens is 2. The van der Waals surface area contributed by atoms with Gasteiger partial charge in [-0.05, 0) is 12.8 Å². The van der Waals surface area contributed by atoms with Gasteiger partial charge in [-0.1, -0.05) is 175 Å². The summed E-state index contributed by atoms with van der Waals surface area (Å²) in [4.78, 5) is 33.1. The van der Waals surface area contributed by atoms with Gasteiger partial charge in [0.25, 0.3) is 5.79 Å². The minimum absolute atomic E-state index is 0.241. The van der Waals surface area contributed by atoms with Gasteiger partial charge in [-0.2, -0.15) is 0 Å². The van der Waals surface area contributed by atoms with Crippen LogP contribution in [0, 0.1) is 0 Å². The van der Waals surface area contributed by atoms with Crippen LogP contribution in [0.5, 0.6) is 0 Å². The predicted molar refractivity (Wildman–Crippen MR) is 188 cm³/mol. The van der Waals surface area contributed by atoms with Crippen LogP contribution in [0.25, 0.3) is 0 Å². The maximum atomic E-state index is 12.9. The smallest absolute Gasteiger partial charge is 0.309 e. The minimum Gasteiger partial charge on any atom is -0.422 e. The molecule has 0 unspecified atom stereocenters. The van der Waals surface area contributed by atoms with E-state index in [1.165, 1.54) is 128 Å². The summed E-state index contributed by atoms with van der Waals surface area (Å²) < 4.78 is 11.8. The van der Waals surface area contributed by atoms with Gasteiger partial charge in [0, 0.05) is 31.7 Å². The lowest BCUT2D eigenvalue weighted by Crippen LogP contribution is -2.42. The van der Waals surface area contributed by atoms with E-state index in [2.05, 4.69) is 23.8 Å². The van der Waals surface area contributed by atoms with Crippen molar-refractivity contribution < 1.29 is 19.1 Å². The van der Waals surface area contributed by atoms with Crippen molar-refractivity contribution in [2.45, 2.75) is 219 Å². The maximum absolute atomic E-state index is 12.9. The van der Waals surface area contributed by atoms with Crippen LogP contribution >= 0.6 is 0 Å². The molecule has 1 aromatic rings. The van der Waals surface area contributed by atoms with E-state index >= 15 is 0 Å². The van der Waals surface area contributed by atoms with Crippen LogP contribution < -0.4 is 0 Å². The second-order valence-electron chi connectivity index (χ2n) is 13.4. The normalized spacial score (nSPS) is 11.6. The highest BCUT2D eigenvalue weighted by molar-refractivity contribution is 5.72. The molecule has 0 bridgehead atoms. The summed E-state index contributed by atoms with van der Waals surface area (Å²) in [6, 6.07) is 0. The molecule has 0 amide bonds. The number of aromatic amines is 1. The monoisotopic (exact) mass is 633 g/mol. The quantitative estimate of drug-likeness (QED) is 0.0473. The number of nitrogens with one attached hydrogen (secondary N) is 1. The molecule has 0 atom stereocenters. The third-order valence-electron chi connectivity index (χ3n) is 9.10. The molecule has 0 spiro atoms. The Morgan fingerprint density at radius 1 is 0.556 bits per heavy atom. The molecule has 45 heavy (non-hydrogen) atoms. The Morgan fingerprint density at radius 3 is 1.18 bits per heavy atom. The minimum atomic E-state index is -1.31. The number of ether oxygens (including phenoxy) is 2. The third-order valence-corrected chi connectivity index (χ3v) is 9.10. The van der Waals surface area contributed by atoms with Gasteiger partial charge >= 0.3 is 11.9 Å². The Kier molecular flexibility index (Phi) is 27.0. The lowest BCUT2D eigenvalue weighted by molar-refractivity contribution is -0.230. The fourth-order valence-electron chi connectivity index (χ4n) is 6.10. The first-order valence-electron chi connectivity index (χ1n) is 19.5. The Morgan fingerprint density at radius 2 is 0.889 bits per heavy atom. The highest BCUT2D eigenvalue weighted by Crippen LogP contribution is 2.25. The maximum Gasteiger partial charge on any atom is 0.309 e. The van der Waals surface area contributed by atoms with Gasteiger partial charge in [0.2, 0.25) is 0 Å². The molecule has 0 aromatic carbocycles. The SMILES string of the molecule is CCCCCCCCCCCCCCCC(=O)OC(CC)(Cc1ncc[nH]1)OC(=O)CCCCCCCCCCCCCCC. The van der Waals surface area contributed by atoms with Gasteiger partial charge in [0.05, 0.1) is 6.42 Å². The number of carbonyl (C=O) groups excluding carboxylic acids is 2. The van der Waals surface area contributed by atoms with Crippen LogP contribution in [0.4, 0.5) is 0 Å². The van der Waals surface area contributed by atoms with Gasteiger partial charge in [0.15, 0.2) is 0 Å². The Labute approximate surface area is 278 Å². The third kappa shape index (κ3) is 24.1. The van der Waals surface area contributed by atoms with Crippen molar-refractivity contribution >= 4 is 11.9 Å². The van der Waals surface area contributed by atoms with E-state index in [1.54, 1.807) is 12.4 Å². The second-order valence-corrected chi connectivity index (χ2v) is 13.4. The molecular weight excluding hydrogens is 560 g/mol. The van der Waals surface area contributed by atoms with Crippen LogP contribution in [0.3, 0.4) is 0 Å². The fraction of sp³-hybridized carbons (Fsp3) is 0.872. The van der Waals surface area contributed by atoms with Gasteiger partial charge < -0.3 is 14.5 Å². The van der Waals surface area contributed by atoms with Crippen molar-refractivity contribution in [3.05, 3.63) is 18.2 Å². The largest absolute Gasteiger partial charge is 0.422 e. The number of nitrogens with zero attached hydrogens (tertiary/aromatic N) is 1. The van der Waals surface area contributed by atoms with Gasteiger partial charge in [0.1, 0.15) is 5.82 Å². The van der Waals surface area contributed by atoms with Crippen LogP contribution in [0.2, 0.25) is 0 Å². The second kappa shape index (κ2) is 29.5. The number of unbranched alkanes of at least 4 members (excludes halogenated alkanes) is 24. The fourth-order valence-corrected chi connectivity index (χ4v) is 6.10. The number of imidazole rings is 1. The molecule has 1 N–H and O–H groups in total. The summed E-state index contributed by atoms with van der Waals surface area (Å²) in [5, 5.41) is 0. The summed E-state index contributed by atoms with van der Waals surface area (Å²) in [5.74, 6) is -1.24. The van der Waals surface area contributed by atoms with E-state index < -0.39 is 5.79 Å². The van der Waals surface area contributed by atoms with Crippen molar-refractivity contribution in [3.63, 3.8) is 0 Å². The number of hydrogen-bond donors (Lipinski definition) is 1. The summed E-state index contributed by atoms with van der Waals surface area (Å²) in [6.07, 6.45) is 37.6. The van der Waals surface area contributed by atoms with Gasteiger partial charge in [-0.3, -0.25) is 9.59 Å². The average molecular weight is 633 g/mol. The molecule has 6 heteroatoms. The molecule has 0 saturated heterocycles. The molecule has 6 nitrogen and oxygen atoms in total. The number of rotatable bonds is 33. The molecule has 0 radical (unpaired) electrons. The van der Waals surface area contributed by atoms with Crippen LogP contribution in [-0.2, 0) is 25.5 Å². The van der Waals surface area contributed by atoms with Crippen molar-refractivity contribution in [1.29, 1.82) is 0 Å². The zero-order valence-corrected chi connectivity index (χ0v) is 29.9. The zero-order chi connectivity index (χ0) is 32.7. The molecule has 0 fully saturated rings. The van der Waals surface area contributed by atoms with E-state index in [0.29, 0.717) is 25.1 Å². The lowest BCUT2D eigenvalue weighted by Gasteiger charge is -2.31. The van der Waals surface area contributed by atoms with Gasteiger partial charge in [-0.15, -0.1) is 0 Å². The Hall–Kier alpha value is -1.85. The molecule has 0 saturated carbocycles. The molecule has 262 valence electrons. The summed E-state index contributed by atoms with van der Waals surface area (Å²) in [6.45, 7) is 6.44. The zero-order valence-electron chi connectivity index (χ0n) is 29.9. The van der Waals surface area contributed by atoms with E-state index in [1.807, 2.05) is 6.92 Å². The molecule has 0 aliphatic carbocycles. The van der Waals surface area contributed by atoms with E-state index in [4.69, 9.17) is 9.47 Å². The number of H-pyrrole nitrogens is 1. The summed E-state index contributed by atoms with van der Waals surface area (Å²) in [5.41, 5.74) is 0. The van der Waals surface area contributed by atoms with E-state index in [0.717, 1.165) is 38.5 Å². The standard InChI is InChI=1S/C39H72N2O4/c1-4-7-9-11-13-15-17-19-21-23-25-27-29-31-37(42)44-39(6-3,35-36-40-33-34-41-36)45-38(43)32-30-28-26-24-22-20-18-16-14-12-10-8-5-2/h33-34H,4-32,35H2,1-3H3,(H,40,41). The van der Waals surface area contributed by atoms with E-state index in [-0.39, 0.29) is 18.4 Å².